The Kier molecular flexibility index (Phi) is 3.36. The van der Waals surface area contributed by atoms with E-state index in [0.29, 0.717) is 6.04 Å². The van der Waals surface area contributed by atoms with E-state index in [1.807, 2.05) is 18.3 Å². The Hall–Kier alpha value is -1.65. The van der Waals surface area contributed by atoms with Crippen LogP contribution in [0, 0.1) is 0 Å². The average molecular weight is 257 g/mol. The quantitative estimate of drug-likeness (QED) is 0.890. The zero-order valence-corrected chi connectivity index (χ0v) is 11.4. The molecule has 2 aromatic rings. The van der Waals surface area contributed by atoms with Crippen LogP contribution in [0.25, 0.3) is 10.9 Å². The third-order valence-electron chi connectivity index (χ3n) is 3.70. The van der Waals surface area contributed by atoms with Gasteiger partial charge in [0.15, 0.2) is 0 Å². The van der Waals surface area contributed by atoms with Gasteiger partial charge in [-0.1, -0.05) is 12.1 Å². The van der Waals surface area contributed by atoms with Crippen molar-refractivity contribution in [2.24, 2.45) is 0 Å². The second kappa shape index (κ2) is 5.15. The molecule has 0 radical (unpaired) electrons. The molecule has 1 aromatic carbocycles. The van der Waals surface area contributed by atoms with Crippen molar-refractivity contribution < 1.29 is 4.74 Å². The van der Waals surface area contributed by atoms with Crippen LogP contribution in [0.1, 0.15) is 11.6 Å². The molecule has 1 atom stereocenters. The molecule has 1 aliphatic rings. The average Bonchev–Trinajstić information content (AvgIpc) is 2.46. The third-order valence-corrected chi connectivity index (χ3v) is 3.70. The summed E-state index contributed by atoms with van der Waals surface area (Å²) in [5, 5.41) is 4.68. The second-order valence-corrected chi connectivity index (χ2v) is 5.07. The Morgan fingerprint density at radius 1 is 1.42 bits per heavy atom. The minimum Gasteiger partial charge on any atom is -0.494 e. The van der Waals surface area contributed by atoms with Gasteiger partial charge in [0.2, 0.25) is 0 Å². The number of nitrogens with zero attached hydrogens (tertiary/aromatic N) is 2. The van der Waals surface area contributed by atoms with Crippen molar-refractivity contribution in [3.63, 3.8) is 0 Å². The predicted molar refractivity (Wildman–Crippen MR) is 76.5 cm³/mol. The zero-order valence-electron chi connectivity index (χ0n) is 11.4. The number of hydrogen-bond acceptors (Lipinski definition) is 4. The maximum Gasteiger partial charge on any atom is 0.145 e. The molecule has 1 unspecified atom stereocenters. The van der Waals surface area contributed by atoms with E-state index in [-0.39, 0.29) is 0 Å². The summed E-state index contributed by atoms with van der Waals surface area (Å²) in [5.41, 5.74) is 2.17. The molecular formula is C15H19N3O. The van der Waals surface area contributed by atoms with Gasteiger partial charge in [-0.25, -0.2) is 0 Å². The molecule has 2 heterocycles. The van der Waals surface area contributed by atoms with Gasteiger partial charge < -0.3 is 15.0 Å². The van der Waals surface area contributed by atoms with Crippen molar-refractivity contribution >= 4 is 10.9 Å². The fraction of sp³-hybridized carbons (Fsp3) is 0.400. The highest BCUT2D eigenvalue weighted by atomic mass is 16.5. The van der Waals surface area contributed by atoms with E-state index < -0.39 is 0 Å². The van der Waals surface area contributed by atoms with Crippen molar-refractivity contribution in [3.05, 3.63) is 36.0 Å². The lowest BCUT2D eigenvalue weighted by atomic mass is 10.0. The van der Waals surface area contributed by atoms with Crippen molar-refractivity contribution in [2.45, 2.75) is 6.04 Å². The summed E-state index contributed by atoms with van der Waals surface area (Å²) in [6.45, 7) is 3.15. The standard InChI is InChI=1S/C15H19N3O/c1-18-7-6-16-13(10-18)12-8-11-4-3-5-14(19-2)15(11)17-9-12/h3-5,8-9,13,16H,6-7,10H2,1-2H3. The number of methoxy groups -OCH3 is 1. The van der Waals surface area contributed by atoms with Crippen LogP contribution < -0.4 is 10.1 Å². The van der Waals surface area contributed by atoms with Crippen molar-refractivity contribution in [3.8, 4) is 5.75 Å². The zero-order chi connectivity index (χ0) is 13.2. The molecule has 0 spiro atoms. The summed E-state index contributed by atoms with van der Waals surface area (Å²) in [6, 6.07) is 8.61. The van der Waals surface area contributed by atoms with E-state index in [1.165, 1.54) is 5.56 Å². The number of nitrogens with one attached hydrogen (secondary N) is 1. The Balaban J connectivity index is 1.97. The van der Waals surface area contributed by atoms with Crippen molar-refractivity contribution in [1.29, 1.82) is 0 Å². The van der Waals surface area contributed by atoms with Crippen LogP contribution in [0.3, 0.4) is 0 Å². The molecule has 3 rings (SSSR count). The normalized spacial score (nSPS) is 20.6. The van der Waals surface area contributed by atoms with E-state index in [9.17, 15) is 0 Å². The maximum absolute atomic E-state index is 5.34. The van der Waals surface area contributed by atoms with Gasteiger partial charge in [-0.05, 0) is 24.7 Å². The monoisotopic (exact) mass is 257 g/mol. The summed E-state index contributed by atoms with van der Waals surface area (Å²) in [4.78, 5) is 6.91. The number of rotatable bonds is 2. The summed E-state index contributed by atoms with van der Waals surface area (Å²) in [7, 11) is 3.84. The lowest BCUT2D eigenvalue weighted by molar-refractivity contribution is 0.240. The number of ether oxygens (including phenoxy) is 1. The summed E-state index contributed by atoms with van der Waals surface area (Å²) in [6.07, 6.45) is 1.96. The second-order valence-electron chi connectivity index (χ2n) is 5.07. The van der Waals surface area contributed by atoms with Gasteiger partial charge in [-0.15, -0.1) is 0 Å². The first-order chi connectivity index (χ1) is 9.28. The highest BCUT2D eigenvalue weighted by molar-refractivity contribution is 5.84. The van der Waals surface area contributed by atoms with Gasteiger partial charge in [0.1, 0.15) is 11.3 Å². The van der Waals surface area contributed by atoms with E-state index in [0.717, 1.165) is 36.3 Å². The Morgan fingerprint density at radius 3 is 3.11 bits per heavy atom. The lowest BCUT2D eigenvalue weighted by Gasteiger charge is -2.31. The number of pyridine rings is 1. The smallest absolute Gasteiger partial charge is 0.145 e. The highest BCUT2D eigenvalue weighted by Crippen LogP contribution is 2.26. The minimum absolute atomic E-state index is 0.363. The molecule has 0 saturated carbocycles. The van der Waals surface area contributed by atoms with E-state index in [2.05, 4.69) is 34.4 Å². The van der Waals surface area contributed by atoms with E-state index >= 15 is 0 Å². The van der Waals surface area contributed by atoms with Crippen LogP contribution in [0.15, 0.2) is 30.5 Å². The van der Waals surface area contributed by atoms with Gasteiger partial charge in [0.25, 0.3) is 0 Å². The molecule has 1 fully saturated rings. The van der Waals surface area contributed by atoms with Crippen LogP contribution in [-0.4, -0.2) is 43.7 Å². The summed E-state index contributed by atoms with van der Waals surface area (Å²) in [5.74, 6) is 0.831. The minimum atomic E-state index is 0.363. The van der Waals surface area contributed by atoms with Gasteiger partial charge in [-0.3, -0.25) is 4.98 Å². The van der Waals surface area contributed by atoms with Gasteiger partial charge in [0.05, 0.1) is 7.11 Å². The largest absolute Gasteiger partial charge is 0.494 e. The predicted octanol–water partition coefficient (Wildman–Crippen LogP) is 1.82. The maximum atomic E-state index is 5.34. The Bertz CT molecular complexity index is 585. The van der Waals surface area contributed by atoms with Crippen LogP contribution in [0.4, 0.5) is 0 Å². The van der Waals surface area contributed by atoms with E-state index in [1.54, 1.807) is 7.11 Å². The number of fused-ring (bicyclic) bond motifs is 1. The van der Waals surface area contributed by atoms with E-state index in [4.69, 9.17) is 4.74 Å². The van der Waals surface area contributed by atoms with Crippen LogP contribution in [-0.2, 0) is 0 Å². The number of piperazine rings is 1. The lowest BCUT2D eigenvalue weighted by Crippen LogP contribution is -2.43. The topological polar surface area (TPSA) is 37.4 Å². The molecule has 0 amide bonds. The molecule has 4 heteroatoms. The molecule has 100 valence electrons. The number of benzene rings is 1. The van der Waals surface area contributed by atoms with Crippen molar-refractivity contribution in [1.82, 2.24) is 15.2 Å². The first-order valence-electron chi connectivity index (χ1n) is 6.62. The highest BCUT2D eigenvalue weighted by Gasteiger charge is 2.18. The van der Waals surface area contributed by atoms with Crippen LogP contribution in [0.2, 0.25) is 0 Å². The Morgan fingerprint density at radius 2 is 2.32 bits per heavy atom. The van der Waals surface area contributed by atoms with Crippen molar-refractivity contribution in [2.75, 3.05) is 33.8 Å². The molecule has 0 aliphatic carbocycles. The number of para-hydroxylation sites is 1. The molecule has 1 N–H and O–H groups in total. The van der Waals surface area contributed by atoms with Gasteiger partial charge in [0, 0.05) is 37.3 Å². The Labute approximate surface area is 113 Å². The molecule has 1 aliphatic heterocycles. The van der Waals surface area contributed by atoms with Gasteiger partial charge in [-0.2, -0.15) is 0 Å². The van der Waals surface area contributed by atoms with Crippen LogP contribution in [0.5, 0.6) is 5.75 Å². The first kappa shape index (κ1) is 12.4. The summed E-state index contributed by atoms with van der Waals surface area (Å²) >= 11 is 0. The first-order valence-corrected chi connectivity index (χ1v) is 6.62. The van der Waals surface area contributed by atoms with Crippen LogP contribution >= 0.6 is 0 Å². The fourth-order valence-electron chi connectivity index (χ4n) is 2.63. The number of aromatic nitrogens is 1. The third kappa shape index (κ3) is 2.41. The number of likely N-dealkylation sites (N-methyl/N-ethyl adjacent to an activating group) is 1. The fourth-order valence-corrected chi connectivity index (χ4v) is 2.63. The number of hydrogen-bond donors (Lipinski definition) is 1. The molecule has 19 heavy (non-hydrogen) atoms. The molecular weight excluding hydrogens is 238 g/mol. The molecule has 0 bridgehead atoms. The van der Waals surface area contributed by atoms with Gasteiger partial charge >= 0.3 is 0 Å². The summed E-state index contributed by atoms with van der Waals surface area (Å²) < 4.78 is 5.34. The molecule has 4 nitrogen and oxygen atoms in total. The molecule has 1 aromatic heterocycles. The SMILES string of the molecule is COc1cccc2cc(C3CN(C)CCN3)cnc12. The molecule has 1 saturated heterocycles.